The lowest BCUT2D eigenvalue weighted by Gasteiger charge is -2.31. The first kappa shape index (κ1) is 14.3. The maximum absolute atomic E-state index is 12.2. The summed E-state index contributed by atoms with van der Waals surface area (Å²) in [5.41, 5.74) is -0.182. The highest BCUT2D eigenvalue weighted by Crippen LogP contribution is 2.19. The fourth-order valence-electron chi connectivity index (χ4n) is 2.28. The standard InChI is InChI=1S/C14H17NO5/c1-2-19-14(18)10-4-3-7-15(8-10)13(17)11-5-6-12(16)20-9-11/h5-6,9-10H,2-4,7-8H2,1H3/t10-/m1/s1. The second-order valence-corrected chi connectivity index (χ2v) is 4.69. The second-order valence-electron chi connectivity index (χ2n) is 4.69. The summed E-state index contributed by atoms with van der Waals surface area (Å²) < 4.78 is 9.68. The van der Waals surface area contributed by atoms with Gasteiger partial charge in [0, 0.05) is 19.2 Å². The Morgan fingerprint density at radius 1 is 1.45 bits per heavy atom. The van der Waals surface area contributed by atoms with Crippen LogP contribution in [0.1, 0.15) is 30.1 Å². The van der Waals surface area contributed by atoms with E-state index in [-0.39, 0.29) is 17.8 Å². The number of hydrogen-bond acceptors (Lipinski definition) is 5. The fraction of sp³-hybridized carbons (Fsp3) is 0.500. The lowest BCUT2D eigenvalue weighted by Crippen LogP contribution is -2.42. The molecule has 108 valence electrons. The minimum atomic E-state index is -0.496. The van der Waals surface area contributed by atoms with Crippen molar-refractivity contribution in [2.24, 2.45) is 5.92 Å². The highest BCUT2D eigenvalue weighted by Gasteiger charge is 2.29. The molecule has 0 unspecified atom stereocenters. The van der Waals surface area contributed by atoms with Crippen LogP contribution in [-0.4, -0.2) is 36.5 Å². The van der Waals surface area contributed by atoms with E-state index < -0.39 is 5.63 Å². The van der Waals surface area contributed by atoms with E-state index in [2.05, 4.69) is 4.42 Å². The average molecular weight is 279 g/mol. The SMILES string of the molecule is CCOC(=O)[C@@H]1CCCN(C(=O)c2ccc(=O)oc2)C1. The zero-order valence-electron chi connectivity index (χ0n) is 11.3. The van der Waals surface area contributed by atoms with E-state index in [0.717, 1.165) is 19.1 Å². The average Bonchev–Trinajstić information content (AvgIpc) is 2.48. The van der Waals surface area contributed by atoms with Gasteiger partial charge in [0.05, 0.1) is 18.1 Å². The van der Waals surface area contributed by atoms with Crippen LogP contribution in [0.15, 0.2) is 27.6 Å². The Hall–Kier alpha value is -2.11. The summed E-state index contributed by atoms with van der Waals surface area (Å²) in [5, 5.41) is 0. The molecule has 1 amide bonds. The zero-order valence-corrected chi connectivity index (χ0v) is 11.3. The summed E-state index contributed by atoms with van der Waals surface area (Å²) >= 11 is 0. The number of carbonyl (C=O) groups is 2. The molecule has 0 bridgehead atoms. The maximum atomic E-state index is 12.2. The van der Waals surface area contributed by atoms with E-state index >= 15 is 0 Å². The van der Waals surface area contributed by atoms with Crippen LogP contribution < -0.4 is 5.63 Å². The van der Waals surface area contributed by atoms with Crippen LogP contribution in [0, 0.1) is 5.92 Å². The van der Waals surface area contributed by atoms with Crippen molar-refractivity contribution in [3.05, 3.63) is 34.4 Å². The van der Waals surface area contributed by atoms with Crippen molar-refractivity contribution in [3.8, 4) is 0 Å². The predicted octanol–water partition coefficient (Wildman–Crippen LogP) is 1.06. The van der Waals surface area contributed by atoms with E-state index in [1.165, 1.54) is 12.1 Å². The van der Waals surface area contributed by atoms with Gasteiger partial charge in [0.15, 0.2) is 0 Å². The Morgan fingerprint density at radius 3 is 2.90 bits per heavy atom. The smallest absolute Gasteiger partial charge is 0.335 e. The quantitative estimate of drug-likeness (QED) is 0.773. The summed E-state index contributed by atoms with van der Waals surface area (Å²) in [6.07, 6.45) is 2.64. The van der Waals surface area contributed by atoms with Crippen molar-refractivity contribution < 1.29 is 18.7 Å². The molecule has 1 aliphatic rings. The van der Waals surface area contributed by atoms with Crippen LogP contribution in [0.5, 0.6) is 0 Å². The van der Waals surface area contributed by atoms with Gasteiger partial charge in [-0.2, -0.15) is 0 Å². The molecule has 1 aliphatic heterocycles. The molecule has 1 aromatic rings. The van der Waals surface area contributed by atoms with E-state index in [0.29, 0.717) is 25.3 Å². The number of esters is 1. The van der Waals surface area contributed by atoms with Crippen molar-refractivity contribution in [2.75, 3.05) is 19.7 Å². The molecule has 0 spiro atoms. The second kappa shape index (κ2) is 6.36. The molecule has 0 aliphatic carbocycles. The van der Waals surface area contributed by atoms with Gasteiger partial charge in [-0.05, 0) is 25.8 Å². The topological polar surface area (TPSA) is 76.8 Å². The van der Waals surface area contributed by atoms with Gasteiger partial charge < -0.3 is 14.1 Å². The normalized spacial score (nSPS) is 18.6. The number of rotatable bonds is 3. The van der Waals surface area contributed by atoms with Crippen LogP contribution in [0.25, 0.3) is 0 Å². The number of nitrogens with zero attached hydrogens (tertiary/aromatic N) is 1. The molecule has 0 N–H and O–H groups in total. The molecule has 1 aromatic heterocycles. The largest absolute Gasteiger partial charge is 0.466 e. The van der Waals surface area contributed by atoms with Crippen LogP contribution in [-0.2, 0) is 9.53 Å². The molecule has 1 atom stereocenters. The third-order valence-electron chi connectivity index (χ3n) is 3.28. The predicted molar refractivity (Wildman–Crippen MR) is 70.2 cm³/mol. The lowest BCUT2D eigenvalue weighted by molar-refractivity contribution is -0.149. The Morgan fingerprint density at radius 2 is 2.25 bits per heavy atom. The van der Waals surface area contributed by atoms with Gasteiger partial charge in [-0.25, -0.2) is 4.79 Å². The Kier molecular flexibility index (Phi) is 4.55. The molecule has 2 heterocycles. The number of piperidine rings is 1. The van der Waals surface area contributed by atoms with Gasteiger partial charge in [0.2, 0.25) is 0 Å². The minimum Gasteiger partial charge on any atom is -0.466 e. The number of hydrogen-bond donors (Lipinski definition) is 0. The first-order valence-electron chi connectivity index (χ1n) is 6.66. The molecule has 0 radical (unpaired) electrons. The van der Waals surface area contributed by atoms with Crippen molar-refractivity contribution >= 4 is 11.9 Å². The van der Waals surface area contributed by atoms with Gasteiger partial charge in [-0.1, -0.05) is 0 Å². The molecule has 6 heteroatoms. The monoisotopic (exact) mass is 279 g/mol. The molecule has 6 nitrogen and oxygen atoms in total. The third-order valence-corrected chi connectivity index (χ3v) is 3.28. The van der Waals surface area contributed by atoms with Crippen molar-refractivity contribution in [1.29, 1.82) is 0 Å². The van der Waals surface area contributed by atoms with Gasteiger partial charge >= 0.3 is 11.6 Å². The van der Waals surface area contributed by atoms with Gasteiger partial charge in [0.1, 0.15) is 6.26 Å². The van der Waals surface area contributed by atoms with E-state index in [1.807, 2.05) is 0 Å². The van der Waals surface area contributed by atoms with Crippen molar-refractivity contribution in [2.45, 2.75) is 19.8 Å². The fourth-order valence-corrected chi connectivity index (χ4v) is 2.28. The molecule has 1 fully saturated rings. The van der Waals surface area contributed by atoms with Gasteiger partial charge in [-0.15, -0.1) is 0 Å². The first-order chi connectivity index (χ1) is 9.61. The van der Waals surface area contributed by atoms with Gasteiger partial charge in [-0.3, -0.25) is 9.59 Å². The number of amides is 1. The van der Waals surface area contributed by atoms with Crippen LogP contribution >= 0.6 is 0 Å². The van der Waals surface area contributed by atoms with Crippen LogP contribution in [0.2, 0.25) is 0 Å². The highest BCUT2D eigenvalue weighted by molar-refractivity contribution is 5.94. The summed E-state index contributed by atoms with van der Waals surface area (Å²) in [4.78, 5) is 36.5. The number of ether oxygens (including phenoxy) is 1. The summed E-state index contributed by atoms with van der Waals surface area (Å²) in [6, 6.07) is 2.64. The molecule has 20 heavy (non-hydrogen) atoms. The van der Waals surface area contributed by atoms with Crippen LogP contribution in [0.4, 0.5) is 0 Å². The van der Waals surface area contributed by atoms with E-state index in [9.17, 15) is 14.4 Å². The molecular formula is C14H17NO5. The van der Waals surface area contributed by atoms with E-state index in [1.54, 1.807) is 11.8 Å². The van der Waals surface area contributed by atoms with Crippen molar-refractivity contribution in [3.63, 3.8) is 0 Å². The van der Waals surface area contributed by atoms with Crippen molar-refractivity contribution in [1.82, 2.24) is 4.90 Å². The lowest BCUT2D eigenvalue weighted by atomic mass is 9.97. The Labute approximate surface area is 116 Å². The van der Waals surface area contributed by atoms with Crippen LogP contribution in [0.3, 0.4) is 0 Å². The molecule has 0 aromatic carbocycles. The molecule has 1 saturated heterocycles. The Balaban J connectivity index is 2.04. The summed E-state index contributed by atoms with van der Waals surface area (Å²) in [7, 11) is 0. The zero-order chi connectivity index (χ0) is 14.5. The molecule has 2 rings (SSSR count). The molecule has 0 saturated carbocycles. The number of likely N-dealkylation sites (tertiary alicyclic amines) is 1. The first-order valence-corrected chi connectivity index (χ1v) is 6.66. The highest BCUT2D eigenvalue weighted by atomic mass is 16.5. The maximum Gasteiger partial charge on any atom is 0.335 e. The summed E-state index contributed by atoms with van der Waals surface area (Å²) in [5.74, 6) is -0.768. The van der Waals surface area contributed by atoms with Gasteiger partial charge in [0.25, 0.3) is 5.91 Å². The molecular weight excluding hydrogens is 262 g/mol. The minimum absolute atomic E-state index is 0.234. The van der Waals surface area contributed by atoms with E-state index in [4.69, 9.17) is 4.74 Å². The third kappa shape index (κ3) is 3.26. The Bertz CT molecular complexity index is 530. The number of carbonyl (C=O) groups excluding carboxylic acids is 2. The summed E-state index contributed by atoms with van der Waals surface area (Å²) in [6.45, 7) is 3.04.